The minimum absolute atomic E-state index is 0.0123. The molecule has 1 heterocycles. The number of methoxy groups -OCH3 is 1. The second-order valence-electron chi connectivity index (χ2n) is 4.94. The first-order valence-electron chi connectivity index (χ1n) is 7.24. The van der Waals surface area contributed by atoms with Crippen LogP contribution in [0.15, 0.2) is 24.3 Å². The summed E-state index contributed by atoms with van der Waals surface area (Å²) in [5.74, 6) is 2.34. The molecule has 1 fully saturated rings. The zero-order chi connectivity index (χ0) is 16.7. The highest BCUT2D eigenvalue weighted by Crippen LogP contribution is 2.28. The van der Waals surface area contributed by atoms with Gasteiger partial charge in [-0.25, -0.2) is 0 Å². The molecule has 1 aliphatic heterocycles. The number of ether oxygens (including phenoxy) is 2. The lowest BCUT2D eigenvalue weighted by molar-refractivity contribution is -0.125. The Morgan fingerprint density at radius 1 is 1.30 bits per heavy atom. The van der Waals surface area contributed by atoms with E-state index in [1.807, 2.05) is 16.7 Å². The summed E-state index contributed by atoms with van der Waals surface area (Å²) in [6.45, 7) is 1.37. The molecule has 1 aromatic carbocycles. The van der Waals surface area contributed by atoms with E-state index in [0.717, 1.165) is 30.2 Å². The van der Waals surface area contributed by atoms with E-state index in [0.29, 0.717) is 11.5 Å². The number of nitrogens with zero attached hydrogens (tertiary/aromatic N) is 1. The van der Waals surface area contributed by atoms with Crippen LogP contribution in [0.25, 0.3) is 6.08 Å². The van der Waals surface area contributed by atoms with Gasteiger partial charge in [-0.05, 0) is 23.8 Å². The Balaban J connectivity index is 2.03. The highest BCUT2D eigenvalue weighted by atomic mass is 32.2. The monoisotopic (exact) mass is 336 g/mol. The normalized spacial score (nSPS) is 14.7. The van der Waals surface area contributed by atoms with Gasteiger partial charge >= 0.3 is 0 Å². The summed E-state index contributed by atoms with van der Waals surface area (Å²) >= 11 is 1.86. The van der Waals surface area contributed by atoms with Gasteiger partial charge in [-0.3, -0.25) is 9.59 Å². The van der Waals surface area contributed by atoms with Crippen molar-refractivity contribution in [3.05, 3.63) is 29.8 Å². The minimum atomic E-state index is -0.554. The quantitative estimate of drug-likeness (QED) is 0.788. The number of amides is 2. The highest BCUT2D eigenvalue weighted by molar-refractivity contribution is 7.99. The second-order valence-corrected chi connectivity index (χ2v) is 6.16. The number of carbonyl (C=O) groups is 2. The summed E-state index contributed by atoms with van der Waals surface area (Å²) in [5, 5.41) is 0. The van der Waals surface area contributed by atoms with Crippen LogP contribution < -0.4 is 15.2 Å². The molecule has 23 heavy (non-hydrogen) atoms. The molecule has 0 aliphatic carbocycles. The van der Waals surface area contributed by atoms with E-state index >= 15 is 0 Å². The fourth-order valence-electron chi connectivity index (χ4n) is 2.11. The molecule has 2 rings (SSSR count). The summed E-state index contributed by atoms with van der Waals surface area (Å²) in [6, 6.07) is 5.21. The molecule has 0 radical (unpaired) electrons. The van der Waals surface area contributed by atoms with Crippen molar-refractivity contribution < 1.29 is 19.1 Å². The molecule has 0 spiro atoms. The van der Waals surface area contributed by atoms with Gasteiger partial charge in [-0.2, -0.15) is 11.8 Å². The van der Waals surface area contributed by atoms with Crippen LogP contribution in [-0.4, -0.2) is 55.0 Å². The fraction of sp³-hybridized carbons (Fsp3) is 0.375. The maximum absolute atomic E-state index is 12.1. The van der Waals surface area contributed by atoms with Crippen molar-refractivity contribution in [1.29, 1.82) is 0 Å². The van der Waals surface area contributed by atoms with Crippen molar-refractivity contribution in [2.75, 3.05) is 38.3 Å². The molecular formula is C16H20N2O4S. The molecule has 124 valence electrons. The molecule has 7 heteroatoms. The summed E-state index contributed by atoms with van der Waals surface area (Å²) in [4.78, 5) is 24.7. The zero-order valence-corrected chi connectivity index (χ0v) is 13.8. The number of hydrogen-bond acceptors (Lipinski definition) is 5. The SMILES string of the molecule is COc1cc(/C=C\C(=O)N2CCSCC2)ccc1OCC(N)=O. The van der Waals surface area contributed by atoms with Gasteiger partial charge in [-0.1, -0.05) is 6.07 Å². The third kappa shape index (κ3) is 5.21. The van der Waals surface area contributed by atoms with Crippen molar-refractivity contribution in [2.24, 2.45) is 5.73 Å². The molecule has 1 saturated heterocycles. The van der Waals surface area contributed by atoms with Crippen molar-refractivity contribution in [3.8, 4) is 11.5 Å². The Bertz CT molecular complexity index is 598. The van der Waals surface area contributed by atoms with Crippen LogP contribution in [0.2, 0.25) is 0 Å². The summed E-state index contributed by atoms with van der Waals surface area (Å²) in [5.41, 5.74) is 5.87. The fourth-order valence-corrected chi connectivity index (χ4v) is 3.02. The van der Waals surface area contributed by atoms with Crippen LogP contribution in [-0.2, 0) is 9.59 Å². The lowest BCUT2D eigenvalue weighted by Crippen LogP contribution is -2.36. The molecule has 0 unspecified atom stereocenters. The van der Waals surface area contributed by atoms with Gasteiger partial charge in [0, 0.05) is 30.7 Å². The second kappa shape index (κ2) is 8.47. The molecule has 6 nitrogen and oxygen atoms in total. The number of rotatable bonds is 6. The first-order chi connectivity index (χ1) is 11.1. The van der Waals surface area contributed by atoms with Gasteiger partial charge in [0.1, 0.15) is 0 Å². The molecule has 0 bridgehead atoms. The van der Waals surface area contributed by atoms with Gasteiger partial charge in [0.2, 0.25) is 5.91 Å². The maximum atomic E-state index is 12.1. The van der Waals surface area contributed by atoms with Gasteiger partial charge in [0.15, 0.2) is 18.1 Å². The highest BCUT2D eigenvalue weighted by Gasteiger charge is 2.14. The predicted octanol–water partition coefficient (Wildman–Crippen LogP) is 1.15. The van der Waals surface area contributed by atoms with Crippen LogP contribution in [0, 0.1) is 0 Å². The van der Waals surface area contributed by atoms with Crippen molar-refractivity contribution in [2.45, 2.75) is 0 Å². The smallest absolute Gasteiger partial charge is 0.255 e. The number of carbonyl (C=O) groups excluding carboxylic acids is 2. The van der Waals surface area contributed by atoms with E-state index in [4.69, 9.17) is 15.2 Å². The number of primary amides is 1. The first kappa shape index (κ1) is 17.2. The average molecular weight is 336 g/mol. The number of nitrogens with two attached hydrogens (primary N) is 1. The third-order valence-corrected chi connectivity index (χ3v) is 4.24. The molecule has 1 aliphatic rings. The number of hydrogen-bond donors (Lipinski definition) is 1. The molecule has 0 aromatic heterocycles. The molecule has 2 amide bonds. The number of thioether (sulfide) groups is 1. The summed E-state index contributed by atoms with van der Waals surface area (Å²) in [7, 11) is 1.51. The minimum Gasteiger partial charge on any atom is -0.493 e. The summed E-state index contributed by atoms with van der Waals surface area (Å²) < 4.78 is 10.5. The average Bonchev–Trinajstić information content (AvgIpc) is 2.58. The van der Waals surface area contributed by atoms with Gasteiger partial charge in [0.25, 0.3) is 5.91 Å². The van der Waals surface area contributed by atoms with Crippen LogP contribution in [0.4, 0.5) is 0 Å². The van der Waals surface area contributed by atoms with E-state index in [-0.39, 0.29) is 12.5 Å². The largest absolute Gasteiger partial charge is 0.493 e. The van der Waals surface area contributed by atoms with Gasteiger partial charge in [0.05, 0.1) is 7.11 Å². The van der Waals surface area contributed by atoms with Crippen molar-refractivity contribution in [3.63, 3.8) is 0 Å². The van der Waals surface area contributed by atoms with Crippen LogP contribution in [0.3, 0.4) is 0 Å². The molecule has 2 N–H and O–H groups in total. The molecular weight excluding hydrogens is 316 g/mol. The Morgan fingerprint density at radius 3 is 2.70 bits per heavy atom. The first-order valence-corrected chi connectivity index (χ1v) is 8.39. The molecule has 1 aromatic rings. The van der Waals surface area contributed by atoms with Gasteiger partial charge in [-0.15, -0.1) is 0 Å². The van der Waals surface area contributed by atoms with E-state index in [2.05, 4.69) is 0 Å². The lowest BCUT2D eigenvalue weighted by Gasteiger charge is -2.25. The topological polar surface area (TPSA) is 81.9 Å². The van der Waals surface area contributed by atoms with Gasteiger partial charge < -0.3 is 20.1 Å². The lowest BCUT2D eigenvalue weighted by atomic mass is 10.2. The number of benzene rings is 1. The van der Waals surface area contributed by atoms with E-state index in [1.54, 1.807) is 30.4 Å². The molecule has 0 saturated carbocycles. The maximum Gasteiger partial charge on any atom is 0.255 e. The van der Waals surface area contributed by atoms with E-state index < -0.39 is 5.91 Å². The predicted molar refractivity (Wildman–Crippen MR) is 90.6 cm³/mol. The molecule has 0 atom stereocenters. The zero-order valence-electron chi connectivity index (χ0n) is 13.0. The third-order valence-electron chi connectivity index (χ3n) is 3.30. The van der Waals surface area contributed by atoms with E-state index in [9.17, 15) is 9.59 Å². The van der Waals surface area contributed by atoms with E-state index in [1.165, 1.54) is 7.11 Å². The Morgan fingerprint density at radius 2 is 2.04 bits per heavy atom. The van der Waals surface area contributed by atoms with Crippen LogP contribution in [0.5, 0.6) is 11.5 Å². The summed E-state index contributed by atoms with van der Waals surface area (Å²) in [6.07, 6.45) is 3.30. The standard InChI is InChI=1S/C16H20N2O4S/c1-21-14-10-12(2-4-13(14)22-11-15(17)19)3-5-16(20)18-6-8-23-9-7-18/h2-5,10H,6-9,11H2,1H3,(H2,17,19)/b5-3-. The Hall–Kier alpha value is -2.15. The Kier molecular flexibility index (Phi) is 6.34. The Labute approximate surface area is 139 Å². The van der Waals surface area contributed by atoms with Crippen LogP contribution >= 0.6 is 11.8 Å². The van der Waals surface area contributed by atoms with Crippen molar-refractivity contribution >= 4 is 29.7 Å². The van der Waals surface area contributed by atoms with Crippen molar-refractivity contribution in [1.82, 2.24) is 4.90 Å². The van der Waals surface area contributed by atoms with Crippen LogP contribution in [0.1, 0.15) is 5.56 Å².